The normalized spacial score (nSPS) is 10.8. The van der Waals surface area contributed by atoms with Gasteiger partial charge in [-0.25, -0.2) is 4.98 Å². The van der Waals surface area contributed by atoms with Gasteiger partial charge in [-0.3, -0.25) is 20.2 Å². The summed E-state index contributed by atoms with van der Waals surface area (Å²) in [6.07, 6.45) is 3.34. The van der Waals surface area contributed by atoms with Crippen molar-refractivity contribution in [2.75, 3.05) is 5.32 Å². The quantitative estimate of drug-likeness (QED) is 0.465. The molecule has 0 aliphatic carbocycles. The van der Waals surface area contributed by atoms with E-state index in [4.69, 9.17) is 0 Å². The summed E-state index contributed by atoms with van der Waals surface area (Å²) in [4.78, 5) is 26.2. The molecule has 3 aromatic heterocycles. The smallest absolute Gasteiger partial charge is 0.258 e. The molecular formula is C19H16N6OS2. The molecule has 3 heterocycles. The number of amides is 1. The standard InChI is InChI=1S/C19H16N6OS2/c1-12-21-15(10-27-12)11-28-16-4-2-14(3-5-16)18(26)23-19-22-17(24-25-19)13-6-8-20-9-7-13/h2-10H,11H2,1H3,(H2,22,23,24,25,26). The van der Waals surface area contributed by atoms with Crippen molar-refractivity contribution in [1.29, 1.82) is 0 Å². The lowest BCUT2D eigenvalue weighted by molar-refractivity contribution is 0.102. The fraction of sp³-hybridized carbons (Fsp3) is 0.105. The summed E-state index contributed by atoms with van der Waals surface area (Å²) in [5.41, 5.74) is 2.47. The summed E-state index contributed by atoms with van der Waals surface area (Å²) < 4.78 is 0. The third-order valence-corrected chi connectivity index (χ3v) is 5.70. The average Bonchev–Trinajstić information content (AvgIpc) is 3.36. The van der Waals surface area contributed by atoms with Crippen molar-refractivity contribution in [1.82, 2.24) is 25.1 Å². The van der Waals surface area contributed by atoms with Gasteiger partial charge >= 0.3 is 0 Å². The van der Waals surface area contributed by atoms with Crippen LogP contribution in [0, 0.1) is 6.92 Å². The lowest BCUT2D eigenvalue weighted by atomic mass is 10.2. The molecule has 0 saturated carbocycles. The molecule has 0 unspecified atom stereocenters. The summed E-state index contributed by atoms with van der Waals surface area (Å²) in [6, 6.07) is 11.1. The zero-order valence-corrected chi connectivity index (χ0v) is 16.5. The first kappa shape index (κ1) is 18.3. The second kappa shape index (κ2) is 8.32. The van der Waals surface area contributed by atoms with Gasteiger partial charge in [0.1, 0.15) is 0 Å². The summed E-state index contributed by atoms with van der Waals surface area (Å²) in [5.74, 6) is 1.35. The highest BCUT2D eigenvalue weighted by Gasteiger charge is 2.11. The lowest BCUT2D eigenvalue weighted by Crippen LogP contribution is -2.12. The number of hydrogen-bond donors (Lipinski definition) is 2. The number of pyridine rings is 1. The zero-order valence-electron chi connectivity index (χ0n) is 14.9. The van der Waals surface area contributed by atoms with Crippen molar-refractivity contribution in [3.05, 3.63) is 70.4 Å². The molecule has 1 aromatic carbocycles. The van der Waals surface area contributed by atoms with Crippen LogP contribution < -0.4 is 5.32 Å². The average molecular weight is 409 g/mol. The van der Waals surface area contributed by atoms with Crippen LogP contribution in [0.1, 0.15) is 21.1 Å². The molecule has 2 N–H and O–H groups in total. The zero-order chi connectivity index (χ0) is 19.3. The highest BCUT2D eigenvalue weighted by Crippen LogP contribution is 2.24. The number of nitrogens with one attached hydrogen (secondary N) is 2. The number of aromatic amines is 1. The molecule has 0 saturated heterocycles. The molecule has 0 atom stereocenters. The second-order valence-corrected chi connectivity index (χ2v) is 7.98. The minimum atomic E-state index is -0.257. The fourth-order valence-electron chi connectivity index (χ4n) is 2.46. The van der Waals surface area contributed by atoms with Crippen LogP contribution in [0.2, 0.25) is 0 Å². The molecule has 28 heavy (non-hydrogen) atoms. The van der Waals surface area contributed by atoms with Crippen molar-refractivity contribution in [3.63, 3.8) is 0 Å². The summed E-state index contributed by atoms with van der Waals surface area (Å²) >= 11 is 3.34. The Morgan fingerprint density at radius 1 is 1.14 bits per heavy atom. The van der Waals surface area contributed by atoms with Gasteiger partial charge in [-0.15, -0.1) is 28.2 Å². The largest absolute Gasteiger partial charge is 0.289 e. The monoisotopic (exact) mass is 408 g/mol. The topological polar surface area (TPSA) is 96.5 Å². The molecule has 1 amide bonds. The van der Waals surface area contributed by atoms with E-state index in [1.54, 1.807) is 47.6 Å². The highest BCUT2D eigenvalue weighted by atomic mass is 32.2. The number of benzene rings is 1. The van der Waals surface area contributed by atoms with Gasteiger partial charge in [0, 0.05) is 39.5 Å². The van der Waals surface area contributed by atoms with Gasteiger partial charge in [-0.2, -0.15) is 4.98 Å². The van der Waals surface area contributed by atoms with Crippen molar-refractivity contribution in [3.8, 4) is 11.4 Å². The highest BCUT2D eigenvalue weighted by molar-refractivity contribution is 7.98. The number of H-pyrrole nitrogens is 1. The fourth-order valence-corrected chi connectivity index (χ4v) is 3.97. The summed E-state index contributed by atoms with van der Waals surface area (Å²) in [7, 11) is 0. The number of aryl methyl sites for hydroxylation is 1. The molecule has 0 bridgehead atoms. The van der Waals surface area contributed by atoms with E-state index in [9.17, 15) is 4.79 Å². The Hall–Kier alpha value is -3.04. The number of thioether (sulfide) groups is 1. The van der Waals surface area contributed by atoms with Gasteiger partial charge in [-0.1, -0.05) is 0 Å². The van der Waals surface area contributed by atoms with Gasteiger partial charge in [0.25, 0.3) is 5.91 Å². The Labute approximate surface area is 169 Å². The third kappa shape index (κ3) is 4.44. The number of nitrogens with zero attached hydrogens (tertiary/aromatic N) is 4. The predicted octanol–water partition coefficient (Wildman–Crippen LogP) is 4.18. The summed E-state index contributed by atoms with van der Waals surface area (Å²) in [5, 5.41) is 12.7. The second-order valence-electron chi connectivity index (χ2n) is 5.87. The lowest BCUT2D eigenvalue weighted by Gasteiger charge is -2.03. The Morgan fingerprint density at radius 2 is 1.93 bits per heavy atom. The number of anilines is 1. The van der Waals surface area contributed by atoms with Gasteiger partial charge in [-0.05, 0) is 43.3 Å². The molecule has 140 valence electrons. The maximum atomic E-state index is 12.4. The van der Waals surface area contributed by atoms with Crippen molar-refractivity contribution >= 4 is 35.0 Å². The minimum Gasteiger partial charge on any atom is -0.289 e. The molecule has 4 aromatic rings. The number of hydrogen-bond acceptors (Lipinski definition) is 7. The van der Waals surface area contributed by atoms with Crippen LogP contribution in [0.15, 0.2) is 59.1 Å². The number of carbonyl (C=O) groups excluding carboxylic acids is 1. The van der Waals surface area contributed by atoms with E-state index in [1.807, 2.05) is 31.2 Å². The van der Waals surface area contributed by atoms with Crippen LogP contribution in [0.25, 0.3) is 11.4 Å². The third-order valence-electron chi connectivity index (χ3n) is 3.83. The Morgan fingerprint density at radius 3 is 2.64 bits per heavy atom. The molecule has 0 aliphatic rings. The van der Waals surface area contributed by atoms with Gasteiger partial charge < -0.3 is 0 Å². The van der Waals surface area contributed by atoms with Crippen molar-refractivity contribution in [2.45, 2.75) is 17.6 Å². The van der Waals surface area contributed by atoms with Gasteiger partial charge in [0.15, 0.2) is 5.82 Å². The van der Waals surface area contributed by atoms with Crippen LogP contribution in [-0.4, -0.2) is 31.1 Å². The first-order chi connectivity index (χ1) is 13.7. The Kier molecular flexibility index (Phi) is 5.45. The van der Waals surface area contributed by atoms with Gasteiger partial charge in [0.2, 0.25) is 5.95 Å². The molecule has 4 rings (SSSR count). The van der Waals surface area contributed by atoms with E-state index in [2.05, 4.69) is 35.8 Å². The Balaban J connectivity index is 1.36. The van der Waals surface area contributed by atoms with Crippen LogP contribution in [0.4, 0.5) is 5.95 Å². The molecule has 0 fully saturated rings. The number of carbonyl (C=O) groups is 1. The van der Waals surface area contributed by atoms with E-state index in [-0.39, 0.29) is 11.9 Å². The predicted molar refractivity (Wildman–Crippen MR) is 110 cm³/mol. The molecule has 0 spiro atoms. The van der Waals surface area contributed by atoms with Crippen LogP contribution in [0.3, 0.4) is 0 Å². The number of rotatable bonds is 6. The minimum absolute atomic E-state index is 0.231. The Bertz CT molecular complexity index is 1080. The number of aromatic nitrogens is 5. The molecule has 0 radical (unpaired) electrons. The van der Waals surface area contributed by atoms with Gasteiger partial charge in [0.05, 0.1) is 10.7 Å². The summed E-state index contributed by atoms with van der Waals surface area (Å²) in [6.45, 7) is 2.00. The van der Waals surface area contributed by atoms with Crippen molar-refractivity contribution < 1.29 is 4.79 Å². The molecule has 7 nitrogen and oxygen atoms in total. The maximum Gasteiger partial charge on any atom is 0.258 e. The van der Waals surface area contributed by atoms with Crippen LogP contribution in [-0.2, 0) is 5.75 Å². The molecule has 9 heteroatoms. The maximum absolute atomic E-state index is 12.4. The number of thiazole rings is 1. The van der Waals surface area contributed by atoms with E-state index in [1.165, 1.54) is 0 Å². The van der Waals surface area contributed by atoms with Crippen LogP contribution >= 0.6 is 23.1 Å². The molecule has 0 aliphatic heterocycles. The van der Waals surface area contributed by atoms with E-state index >= 15 is 0 Å². The van der Waals surface area contributed by atoms with Crippen LogP contribution in [0.5, 0.6) is 0 Å². The first-order valence-electron chi connectivity index (χ1n) is 8.45. The van der Waals surface area contributed by atoms with E-state index < -0.39 is 0 Å². The van der Waals surface area contributed by atoms with Crippen molar-refractivity contribution in [2.24, 2.45) is 0 Å². The van der Waals surface area contributed by atoms with E-state index in [0.717, 1.165) is 26.9 Å². The molecular weight excluding hydrogens is 392 g/mol. The first-order valence-corrected chi connectivity index (χ1v) is 10.3. The van der Waals surface area contributed by atoms with E-state index in [0.29, 0.717) is 11.4 Å². The SMILES string of the molecule is Cc1nc(CSc2ccc(C(=O)Nc3n[nH]c(-c4ccncc4)n3)cc2)cs1.